The lowest BCUT2D eigenvalue weighted by atomic mass is 9.94. The molecule has 7 heteroatoms. The number of nitrogens with one attached hydrogen (secondary N) is 1. The number of rotatable bonds is 12. The SMILES string of the molecule is CC(C)(CCCc1ccccc1C#N)NC[C@H](O)COc1cc(-c2ccc(C(=O)O)cc2)ccc1C#N. The van der Waals surface area contributed by atoms with Crippen LogP contribution < -0.4 is 10.1 Å². The van der Waals surface area contributed by atoms with Crippen molar-refractivity contribution in [3.8, 4) is 29.0 Å². The van der Waals surface area contributed by atoms with Crippen molar-refractivity contribution in [2.24, 2.45) is 0 Å². The molecule has 37 heavy (non-hydrogen) atoms. The highest BCUT2D eigenvalue weighted by Gasteiger charge is 2.19. The normalized spacial score (nSPS) is 11.8. The summed E-state index contributed by atoms with van der Waals surface area (Å²) in [6.45, 7) is 4.47. The number of carbonyl (C=O) groups is 1. The van der Waals surface area contributed by atoms with Crippen LogP contribution in [0.2, 0.25) is 0 Å². The lowest BCUT2D eigenvalue weighted by Crippen LogP contribution is -2.44. The van der Waals surface area contributed by atoms with Crippen LogP contribution in [0.5, 0.6) is 5.75 Å². The number of carboxylic acids is 1. The van der Waals surface area contributed by atoms with Gasteiger partial charge in [-0.3, -0.25) is 0 Å². The van der Waals surface area contributed by atoms with Gasteiger partial charge in [0.2, 0.25) is 0 Å². The molecule has 0 fully saturated rings. The van der Waals surface area contributed by atoms with Crippen molar-refractivity contribution in [1.29, 1.82) is 10.5 Å². The molecule has 0 saturated carbocycles. The molecule has 0 aromatic heterocycles. The van der Waals surface area contributed by atoms with E-state index in [1.54, 1.807) is 30.3 Å². The number of aryl methyl sites for hydroxylation is 1. The zero-order valence-electron chi connectivity index (χ0n) is 21.1. The topological polar surface area (TPSA) is 126 Å². The first-order valence-electron chi connectivity index (χ1n) is 12.1. The van der Waals surface area contributed by atoms with Gasteiger partial charge in [0.15, 0.2) is 0 Å². The van der Waals surface area contributed by atoms with Crippen molar-refractivity contribution >= 4 is 5.97 Å². The molecular weight excluding hydrogens is 466 g/mol. The third-order valence-corrected chi connectivity index (χ3v) is 6.20. The van der Waals surface area contributed by atoms with Crippen LogP contribution in [0.3, 0.4) is 0 Å². The van der Waals surface area contributed by atoms with Crippen LogP contribution in [0.1, 0.15) is 53.7 Å². The quantitative estimate of drug-likeness (QED) is 0.324. The van der Waals surface area contributed by atoms with Crippen LogP contribution in [0.25, 0.3) is 11.1 Å². The third-order valence-electron chi connectivity index (χ3n) is 6.20. The van der Waals surface area contributed by atoms with Gasteiger partial charge < -0.3 is 20.3 Å². The van der Waals surface area contributed by atoms with E-state index >= 15 is 0 Å². The van der Waals surface area contributed by atoms with E-state index in [0.29, 0.717) is 23.4 Å². The average Bonchev–Trinajstić information content (AvgIpc) is 2.90. The zero-order valence-corrected chi connectivity index (χ0v) is 21.1. The molecule has 0 aliphatic carbocycles. The minimum Gasteiger partial charge on any atom is -0.489 e. The highest BCUT2D eigenvalue weighted by atomic mass is 16.5. The van der Waals surface area contributed by atoms with Crippen LogP contribution >= 0.6 is 0 Å². The minimum atomic E-state index is -0.995. The van der Waals surface area contributed by atoms with E-state index in [-0.39, 0.29) is 17.7 Å². The monoisotopic (exact) mass is 497 g/mol. The Morgan fingerprint density at radius 2 is 1.68 bits per heavy atom. The van der Waals surface area contributed by atoms with Gasteiger partial charge in [-0.2, -0.15) is 10.5 Å². The number of aliphatic hydroxyl groups excluding tert-OH is 1. The molecule has 3 N–H and O–H groups in total. The fourth-order valence-corrected chi connectivity index (χ4v) is 4.01. The van der Waals surface area contributed by atoms with Crippen molar-refractivity contribution < 1.29 is 19.7 Å². The second-order valence-corrected chi connectivity index (χ2v) is 9.56. The summed E-state index contributed by atoms with van der Waals surface area (Å²) in [5.74, 6) is -0.637. The van der Waals surface area contributed by atoms with E-state index < -0.39 is 12.1 Å². The van der Waals surface area contributed by atoms with E-state index in [2.05, 4.69) is 31.3 Å². The number of hydrogen-bond donors (Lipinski definition) is 3. The zero-order chi connectivity index (χ0) is 26.8. The Labute approximate surface area is 217 Å². The summed E-state index contributed by atoms with van der Waals surface area (Å²) < 4.78 is 5.81. The van der Waals surface area contributed by atoms with Crippen molar-refractivity contribution in [2.75, 3.05) is 13.2 Å². The highest BCUT2D eigenvalue weighted by molar-refractivity contribution is 5.88. The highest BCUT2D eigenvalue weighted by Crippen LogP contribution is 2.28. The lowest BCUT2D eigenvalue weighted by molar-refractivity contribution is 0.0697. The Hall–Kier alpha value is -4.17. The first-order chi connectivity index (χ1) is 17.7. The first-order valence-corrected chi connectivity index (χ1v) is 12.1. The molecule has 3 aromatic rings. The number of ether oxygens (including phenoxy) is 1. The second kappa shape index (κ2) is 12.7. The van der Waals surface area contributed by atoms with Crippen molar-refractivity contribution in [3.05, 3.63) is 89.0 Å². The molecule has 3 rings (SSSR count). The van der Waals surface area contributed by atoms with Crippen molar-refractivity contribution in [1.82, 2.24) is 5.32 Å². The molecule has 7 nitrogen and oxygen atoms in total. The summed E-state index contributed by atoms with van der Waals surface area (Å²) in [5.41, 5.74) is 3.64. The van der Waals surface area contributed by atoms with E-state index in [0.717, 1.165) is 36.0 Å². The molecule has 0 aliphatic heterocycles. The van der Waals surface area contributed by atoms with Gasteiger partial charge in [-0.15, -0.1) is 0 Å². The molecule has 0 spiro atoms. The first kappa shape index (κ1) is 27.4. The van der Waals surface area contributed by atoms with E-state index in [4.69, 9.17) is 9.84 Å². The molecule has 0 radical (unpaired) electrons. The number of nitriles is 2. The van der Waals surface area contributed by atoms with Gasteiger partial charge in [0.25, 0.3) is 0 Å². The Balaban J connectivity index is 1.53. The predicted octanol–water partition coefficient (Wildman–Crippen LogP) is 4.93. The second-order valence-electron chi connectivity index (χ2n) is 9.56. The molecule has 0 unspecified atom stereocenters. The molecule has 0 saturated heterocycles. The fourth-order valence-electron chi connectivity index (χ4n) is 4.01. The Bertz CT molecular complexity index is 1300. The Morgan fingerprint density at radius 3 is 2.35 bits per heavy atom. The van der Waals surface area contributed by atoms with Crippen molar-refractivity contribution in [2.45, 2.75) is 44.8 Å². The molecule has 0 amide bonds. The maximum Gasteiger partial charge on any atom is 0.335 e. The molecule has 0 heterocycles. The number of β-amino-alcohol motifs (C(OH)–C–C–N with tert-alkyl or cyclic N) is 1. The van der Waals surface area contributed by atoms with Gasteiger partial charge in [-0.25, -0.2) is 4.79 Å². The van der Waals surface area contributed by atoms with Crippen LogP contribution in [0.4, 0.5) is 0 Å². The van der Waals surface area contributed by atoms with Gasteiger partial charge in [-0.05, 0) is 80.1 Å². The molecule has 3 aromatic carbocycles. The van der Waals surface area contributed by atoms with E-state index in [1.807, 2.05) is 24.3 Å². The van der Waals surface area contributed by atoms with Crippen LogP contribution in [-0.4, -0.2) is 41.0 Å². The van der Waals surface area contributed by atoms with Crippen LogP contribution in [0, 0.1) is 22.7 Å². The van der Waals surface area contributed by atoms with Gasteiger partial charge in [-0.1, -0.05) is 36.4 Å². The summed E-state index contributed by atoms with van der Waals surface area (Å²) in [7, 11) is 0. The number of nitrogens with zero attached hydrogens (tertiary/aromatic N) is 2. The number of aromatic carboxylic acids is 1. The van der Waals surface area contributed by atoms with Crippen LogP contribution in [0.15, 0.2) is 66.7 Å². The lowest BCUT2D eigenvalue weighted by Gasteiger charge is -2.28. The van der Waals surface area contributed by atoms with Gasteiger partial charge in [0, 0.05) is 12.1 Å². The maximum absolute atomic E-state index is 11.1. The van der Waals surface area contributed by atoms with Gasteiger partial charge >= 0.3 is 5.97 Å². The number of benzene rings is 3. The maximum atomic E-state index is 11.1. The molecule has 0 bridgehead atoms. The molecule has 1 atom stereocenters. The van der Waals surface area contributed by atoms with Crippen molar-refractivity contribution in [3.63, 3.8) is 0 Å². The Morgan fingerprint density at radius 1 is 1.00 bits per heavy atom. The summed E-state index contributed by atoms with van der Waals surface area (Å²) in [6.07, 6.45) is 1.79. The average molecular weight is 498 g/mol. The summed E-state index contributed by atoms with van der Waals surface area (Å²) >= 11 is 0. The van der Waals surface area contributed by atoms with Gasteiger partial charge in [0.1, 0.15) is 24.5 Å². The number of carboxylic acid groups (broad SMARTS) is 1. The molecule has 190 valence electrons. The van der Waals surface area contributed by atoms with E-state index in [9.17, 15) is 20.4 Å². The Kier molecular flexibility index (Phi) is 9.40. The predicted molar refractivity (Wildman–Crippen MR) is 141 cm³/mol. The van der Waals surface area contributed by atoms with Gasteiger partial charge in [0.05, 0.1) is 22.8 Å². The summed E-state index contributed by atoms with van der Waals surface area (Å²) in [5, 5.41) is 41.7. The standard InChI is InChI=1S/C30H31N3O4/c1-30(2,15-5-8-21-6-3-4-7-25(21)17-31)33-19-27(34)20-37-28-16-24(13-14-26(28)18-32)22-9-11-23(12-10-22)29(35)36/h3-4,6-7,9-14,16,27,33-34H,5,8,15,19-20H2,1-2H3,(H,35,36)/t27-/m0/s1. The minimum absolute atomic E-state index is 0.00864. The third kappa shape index (κ3) is 7.91. The molecular formula is C30H31N3O4. The molecule has 0 aliphatic rings. The number of hydrogen-bond acceptors (Lipinski definition) is 6. The summed E-state index contributed by atoms with van der Waals surface area (Å²) in [4.78, 5) is 11.1. The fraction of sp³-hybridized carbons (Fsp3) is 0.300. The number of aliphatic hydroxyl groups is 1. The smallest absolute Gasteiger partial charge is 0.335 e. The van der Waals surface area contributed by atoms with Crippen LogP contribution in [-0.2, 0) is 6.42 Å². The largest absolute Gasteiger partial charge is 0.489 e. The summed E-state index contributed by atoms with van der Waals surface area (Å²) in [6, 6.07) is 23.6. The van der Waals surface area contributed by atoms with E-state index in [1.165, 1.54) is 12.1 Å².